The highest BCUT2D eigenvalue weighted by atomic mass is 16.5. The van der Waals surface area contributed by atoms with Gasteiger partial charge in [0.1, 0.15) is 5.76 Å². The molecule has 2 saturated heterocycles. The molecule has 1 amide bonds. The van der Waals surface area contributed by atoms with Crippen LogP contribution in [0.15, 0.2) is 4.52 Å². The van der Waals surface area contributed by atoms with E-state index in [2.05, 4.69) is 20.3 Å². The smallest absolute Gasteiger partial charge is 0.224 e. The Hall–Kier alpha value is -1.44. The van der Waals surface area contributed by atoms with E-state index in [1.54, 1.807) is 7.11 Å². The molecule has 3 rings (SSSR count). The van der Waals surface area contributed by atoms with Crippen molar-refractivity contribution in [3.05, 3.63) is 17.0 Å². The summed E-state index contributed by atoms with van der Waals surface area (Å²) in [6, 6.07) is 0.598. The number of ether oxygens (including phenoxy) is 1. The summed E-state index contributed by atoms with van der Waals surface area (Å²) in [5.41, 5.74) is 2.24. The number of hydrogen-bond donors (Lipinski definition) is 1. The molecule has 1 aromatic heterocycles. The first-order valence-corrected chi connectivity index (χ1v) is 10.2. The summed E-state index contributed by atoms with van der Waals surface area (Å²) in [5.74, 6) is 1.25. The lowest BCUT2D eigenvalue weighted by Gasteiger charge is -2.42. The number of nitrogens with one attached hydrogen (secondary N) is 1. The molecule has 0 saturated carbocycles. The van der Waals surface area contributed by atoms with Crippen LogP contribution in [-0.2, 0) is 16.1 Å². The molecule has 7 heteroatoms. The van der Waals surface area contributed by atoms with Gasteiger partial charge in [-0.1, -0.05) is 5.16 Å². The van der Waals surface area contributed by atoms with Crippen LogP contribution in [0.25, 0.3) is 0 Å². The molecule has 0 radical (unpaired) electrons. The third kappa shape index (κ3) is 5.30. The second-order valence-corrected chi connectivity index (χ2v) is 7.93. The lowest BCUT2D eigenvalue weighted by Crippen LogP contribution is -2.50. The predicted octanol–water partition coefficient (Wildman–Crippen LogP) is 1.73. The zero-order valence-electron chi connectivity index (χ0n) is 17.0. The molecule has 1 unspecified atom stereocenters. The van der Waals surface area contributed by atoms with Gasteiger partial charge in [-0.3, -0.25) is 14.6 Å². The summed E-state index contributed by atoms with van der Waals surface area (Å²) in [6.45, 7) is 10.3. The van der Waals surface area contributed by atoms with E-state index in [9.17, 15) is 4.79 Å². The lowest BCUT2D eigenvalue weighted by atomic mass is 9.93. The number of nitrogens with zero attached hydrogens (tertiary/aromatic N) is 3. The van der Waals surface area contributed by atoms with Crippen LogP contribution < -0.4 is 5.32 Å². The molecule has 27 heavy (non-hydrogen) atoms. The van der Waals surface area contributed by atoms with Crippen molar-refractivity contribution in [2.45, 2.75) is 52.1 Å². The van der Waals surface area contributed by atoms with Crippen molar-refractivity contribution in [1.29, 1.82) is 0 Å². The number of aromatic nitrogens is 1. The molecular formula is C20H34N4O3. The van der Waals surface area contributed by atoms with Gasteiger partial charge in [-0.05, 0) is 59.2 Å². The fraction of sp³-hybridized carbons (Fsp3) is 0.800. The largest absolute Gasteiger partial charge is 0.383 e. The number of likely N-dealkylation sites (tertiary alicyclic amines) is 2. The summed E-state index contributed by atoms with van der Waals surface area (Å²) in [7, 11) is 1.66. The van der Waals surface area contributed by atoms with E-state index in [4.69, 9.17) is 9.26 Å². The van der Waals surface area contributed by atoms with Crippen LogP contribution in [0.5, 0.6) is 0 Å². The normalized spacial score (nSPS) is 22.9. The summed E-state index contributed by atoms with van der Waals surface area (Å²) in [4.78, 5) is 17.4. The number of amides is 1. The van der Waals surface area contributed by atoms with Crippen LogP contribution in [0.3, 0.4) is 0 Å². The number of rotatable bonds is 7. The van der Waals surface area contributed by atoms with E-state index in [-0.39, 0.29) is 11.8 Å². The van der Waals surface area contributed by atoms with Crippen molar-refractivity contribution in [3.63, 3.8) is 0 Å². The van der Waals surface area contributed by atoms with Crippen molar-refractivity contribution in [2.75, 3.05) is 46.4 Å². The van der Waals surface area contributed by atoms with Gasteiger partial charge in [0.15, 0.2) is 0 Å². The van der Waals surface area contributed by atoms with Crippen LogP contribution in [0.4, 0.5) is 0 Å². The second-order valence-electron chi connectivity index (χ2n) is 7.93. The maximum absolute atomic E-state index is 12.4. The van der Waals surface area contributed by atoms with Crippen LogP contribution in [0.1, 0.15) is 42.7 Å². The van der Waals surface area contributed by atoms with E-state index in [0.717, 1.165) is 57.0 Å². The Morgan fingerprint density at radius 2 is 2.04 bits per heavy atom. The maximum Gasteiger partial charge on any atom is 0.224 e. The van der Waals surface area contributed by atoms with Gasteiger partial charge < -0.3 is 14.6 Å². The van der Waals surface area contributed by atoms with Crippen LogP contribution in [-0.4, -0.2) is 73.3 Å². The quantitative estimate of drug-likeness (QED) is 0.729. The number of carbonyl (C=O) groups is 1. The minimum Gasteiger partial charge on any atom is -0.383 e. The molecule has 1 atom stereocenters. The third-order valence-corrected chi connectivity index (χ3v) is 6.07. The highest BCUT2D eigenvalue weighted by Crippen LogP contribution is 2.25. The van der Waals surface area contributed by atoms with E-state index in [1.165, 1.54) is 18.4 Å². The van der Waals surface area contributed by atoms with Crippen molar-refractivity contribution in [3.8, 4) is 0 Å². The van der Waals surface area contributed by atoms with E-state index < -0.39 is 0 Å². The zero-order valence-corrected chi connectivity index (χ0v) is 17.0. The fourth-order valence-electron chi connectivity index (χ4n) is 4.37. The molecule has 3 heterocycles. The van der Waals surface area contributed by atoms with Gasteiger partial charge in [0.25, 0.3) is 0 Å². The first kappa shape index (κ1) is 20.3. The Kier molecular flexibility index (Phi) is 7.26. The number of hydrogen-bond acceptors (Lipinski definition) is 6. The minimum atomic E-state index is 0.121. The highest BCUT2D eigenvalue weighted by molar-refractivity contribution is 5.78. The molecule has 1 N–H and O–H groups in total. The Balaban J connectivity index is 1.45. The van der Waals surface area contributed by atoms with Crippen molar-refractivity contribution >= 4 is 5.91 Å². The first-order chi connectivity index (χ1) is 13.1. The number of piperidine rings is 2. The predicted molar refractivity (Wildman–Crippen MR) is 103 cm³/mol. The molecule has 2 aliphatic heterocycles. The molecule has 0 bridgehead atoms. The van der Waals surface area contributed by atoms with Crippen LogP contribution in [0.2, 0.25) is 0 Å². The Labute approximate surface area is 162 Å². The Bertz CT molecular complexity index is 591. The average molecular weight is 379 g/mol. The summed E-state index contributed by atoms with van der Waals surface area (Å²) in [6.07, 6.45) is 4.45. The van der Waals surface area contributed by atoms with Crippen molar-refractivity contribution in [1.82, 2.24) is 20.3 Å². The summed E-state index contributed by atoms with van der Waals surface area (Å²) >= 11 is 0. The minimum absolute atomic E-state index is 0.121. The van der Waals surface area contributed by atoms with Gasteiger partial charge in [0.05, 0.1) is 18.2 Å². The van der Waals surface area contributed by atoms with Gasteiger partial charge in [-0.2, -0.15) is 0 Å². The molecule has 2 aliphatic rings. The molecule has 152 valence electrons. The van der Waals surface area contributed by atoms with E-state index in [0.29, 0.717) is 19.2 Å². The van der Waals surface area contributed by atoms with Gasteiger partial charge in [0, 0.05) is 38.3 Å². The second kappa shape index (κ2) is 9.66. The summed E-state index contributed by atoms with van der Waals surface area (Å²) in [5, 5.41) is 7.07. The third-order valence-electron chi connectivity index (χ3n) is 6.07. The molecule has 7 nitrogen and oxygen atoms in total. The first-order valence-electron chi connectivity index (χ1n) is 10.2. The number of carbonyl (C=O) groups excluding carboxylic acids is 1. The van der Waals surface area contributed by atoms with Crippen LogP contribution in [0, 0.1) is 19.8 Å². The highest BCUT2D eigenvalue weighted by Gasteiger charge is 2.31. The molecule has 0 spiro atoms. The van der Waals surface area contributed by atoms with E-state index in [1.807, 2.05) is 13.8 Å². The molecular weight excluding hydrogens is 344 g/mol. The molecule has 0 aliphatic carbocycles. The SMILES string of the molecule is COCCNC(=O)C1CCCN(C2CCN(Cc3c(C)noc3C)CC2)C1. The monoisotopic (exact) mass is 378 g/mol. The Morgan fingerprint density at radius 3 is 2.70 bits per heavy atom. The number of aryl methyl sites for hydroxylation is 2. The Morgan fingerprint density at radius 1 is 1.26 bits per heavy atom. The van der Waals surface area contributed by atoms with E-state index >= 15 is 0 Å². The standard InChI is InChI=1S/C20H34N4O3/c1-15-19(16(2)27-22-15)14-23-10-6-18(7-11-23)24-9-4-5-17(13-24)20(25)21-8-12-26-3/h17-18H,4-14H2,1-3H3,(H,21,25). The fourth-order valence-corrected chi connectivity index (χ4v) is 4.37. The number of methoxy groups -OCH3 is 1. The van der Waals surface area contributed by atoms with Gasteiger partial charge >= 0.3 is 0 Å². The van der Waals surface area contributed by atoms with Crippen molar-refractivity contribution in [2.24, 2.45) is 5.92 Å². The average Bonchev–Trinajstić information content (AvgIpc) is 3.01. The van der Waals surface area contributed by atoms with Gasteiger partial charge in [-0.15, -0.1) is 0 Å². The van der Waals surface area contributed by atoms with Crippen LogP contribution >= 0.6 is 0 Å². The molecule has 2 fully saturated rings. The lowest BCUT2D eigenvalue weighted by molar-refractivity contribution is -0.127. The topological polar surface area (TPSA) is 70.8 Å². The molecule has 1 aromatic rings. The molecule has 0 aromatic carbocycles. The van der Waals surface area contributed by atoms with Gasteiger partial charge in [0.2, 0.25) is 5.91 Å². The zero-order chi connectivity index (χ0) is 19.2. The van der Waals surface area contributed by atoms with Crippen molar-refractivity contribution < 1.29 is 14.1 Å². The van der Waals surface area contributed by atoms with Gasteiger partial charge in [-0.25, -0.2) is 0 Å². The summed E-state index contributed by atoms with van der Waals surface area (Å²) < 4.78 is 10.3. The maximum atomic E-state index is 12.4.